The van der Waals surface area contributed by atoms with Crippen LogP contribution in [0, 0.1) is 5.82 Å². The lowest BCUT2D eigenvalue weighted by Gasteiger charge is -2.17. The number of ether oxygens (including phenoxy) is 1. The largest absolute Gasteiger partial charge is 0.481 e. The second-order valence-corrected chi connectivity index (χ2v) is 9.24. The lowest BCUT2D eigenvalue weighted by Crippen LogP contribution is -2.32. The average molecular weight is 497 g/mol. The first kappa shape index (κ1) is 23.8. The predicted molar refractivity (Wildman–Crippen MR) is 123 cm³/mol. The van der Waals surface area contributed by atoms with Crippen molar-refractivity contribution in [1.29, 1.82) is 0 Å². The highest BCUT2D eigenvalue weighted by atomic mass is 35.5. The summed E-state index contributed by atoms with van der Waals surface area (Å²) in [5.74, 6) is -0.460. The van der Waals surface area contributed by atoms with E-state index >= 15 is 0 Å². The van der Waals surface area contributed by atoms with Crippen LogP contribution in [0.4, 0.5) is 15.8 Å². The minimum atomic E-state index is -3.90. The zero-order valence-electron chi connectivity index (χ0n) is 16.8. The summed E-state index contributed by atoms with van der Waals surface area (Å²) < 4.78 is 46.3. The molecule has 168 valence electrons. The molecule has 0 aromatic heterocycles. The van der Waals surface area contributed by atoms with E-state index in [4.69, 9.17) is 27.9 Å². The smallest absolute Gasteiger partial charge is 0.265 e. The number of sulfonamides is 1. The number of rotatable bonds is 8. The summed E-state index contributed by atoms with van der Waals surface area (Å²) in [6.45, 7) is 1.77. The van der Waals surface area contributed by atoms with E-state index in [1.807, 2.05) is 0 Å². The van der Waals surface area contributed by atoms with Crippen LogP contribution in [0.1, 0.15) is 13.3 Å². The third kappa shape index (κ3) is 6.12. The van der Waals surface area contributed by atoms with Crippen LogP contribution in [0.5, 0.6) is 5.75 Å². The molecule has 6 nitrogen and oxygen atoms in total. The summed E-state index contributed by atoms with van der Waals surface area (Å²) in [5, 5.41) is 3.22. The number of carbonyl (C=O) groups is 1. The first-order chi connectivity index (χ1) is 15.2. The molecule has 0 radical (unpaired) electrons. The quantitative estimate of drug-likeness (QED) is 0.417. The van der Waals surface area contributed by atoms with Gasteiger partial charge in [-0.2, -0.15) is 0 Å². The normalized spacial score (nSPS) is 12.1. The first-order valence-electron chi connectivity index (χ1n) is 9.49. The molecule has 32 heavy (non-hydrogen) atoms. The van der Waals surface area contributed by atoms with Gasteiger partial charge in [-0.25, -0.2) is 12.8 Å². The van der Waals surface area contributed by atoms with Gasteiger partial charge in [0.15, 0.2) is 6.10 Å². The van der Waals surface area contributed by atoms with Crippen LogP contribution in [-0.4, -0.2) is 20.4 Å². The van der Waals surface area contributed by atoms with Crippen LogP contribution in [0.25, 0.3) is 0 Å². The Hall–Kier alpha value is -2.81. The highest BCUT2D eigenvalue weighted by Gasteiger charge is 2.20. The molecule has 10 heteroatoms. The summed E-state index contributed by atoms with van der Waals surface area (Å²) in [6, 6.07) is 15.4. The Balaban J connectivity index is 1.67. The summed E-state index contributed by atoms with van der Waals surface area (Å²) in [7, 11) is -3.90. The van der Waals surface area contributed by atoms with E-state index in [2.05, 4.69) is 10.0 Å². The van der Waals surface area contributed by atoms with Gasteiger partial charge in [0.1, 0.15) is 11.6 Å². The molecule has 1 amide bonds. The van der Waals surface area contributed by atoms with Crippen molar-refractivity contribution in [3.05, 3.63) is 82.6 Å². The van der Waals surface area contributed by atoms with Crippen LogP contribution < -0.4 is 14.8 Å². The van der Waals surface area contributed by atoms with Crippen LogP contribution in [0.2, 0.25) is 10.0 Å². The van der Waals surface area contributed by atoms with Crippen molar-refractivity contribution in [1.82, 2.24) is 0 Å². The van der Waals surface area contributed by atoms with E-state index in [0.29, 0.717) is 22.9 Å². The number of anilines is 2. The molecule has 1 unspecified atom stereocenters. The molecular formula is C22H19Cl2FN2O4S. The Morgan fingerprint density at radius 1 is 1.03 bits per heavy atom. The lowest BCUT2D eigenvalue weighted by molar-refractivity contribution is -0.122. The third-order valence-electron chi connectivity index (χ3n) is 4.36. The fraction of sp³-hybridized carbons (Fsp3) is 0.136. The van der Waals surface area contributed by atoms with Crippen molar-refractivity contribution in [2.45, 2.75) is 24.3 Å². The van der Waals surface area contributed by atoms with E-state index in [1.165, 1.54) is 66.7 Å². The number of benzene rings is 3. The maximum atomic E-state index is 13.0. The number of nitrogens with one attached hydrogen (secondary N) is 2. The molecule has 3 aromatic rings. The zero-order chi connectivity index (χ0) is 23.3. The van der Waals surface area contributed by atoms with Crippen molar-refractivity contribution in [3.8, 4) is 5.75 Å². The molecule has 0 aliphatic rings. The molecule has 0 saturated heterocycles. The molecule has 0 heterocycles. The van der Waals surface area contributed by atoms with Crippen LogP contribution >= 0.6 is 23.2 Å². The van der Waals surface area contributed by atoms with Crippen molar-refractivity contribution in [2.24, 2.45) is 0 Å². The average Bonchev–Trinajstić information content (AvgIpc) is 2.75. The van der Waals surface area contributed by atoms with Gasteiger partial charge < -0.3 is 10.1 Å². The van der Waals surface area contributed by atoms with E-state index in [-0.39, 0.29) is 15.6 Å². The molecule has 0 aliphatic heterocycles. The van der Waals surface area contributed by atoms with Gasteiger partial charge >= 0.3 is 0 Å². The van der Waals surface area contributed by atoms with Crippen molar-refractivity contribution in [3.63, 3.8) is 0 Å². The number of halogens is 3. The summed E-state index contributed by atoms with van der Waals surface area (Å²) in [4.78, 5) is 12.5. The summed E-state index contributed by atoms with van der Waals surface area (Å²) in [5.41, 5.74) is 0.580. The number of hydrogen-bond acceptors (Lipinski definition) is 4. The van der Waals surface area contributed by atoms with Gasteiger partial charge in [-0.05, 0) is 73.2 Å². The maximum absolute atomic E-state index is 13.0. The highest BCUT2D eigenvalue weighted by Crippen LogP contribution is 2.28. The lowest BCUT2D eigenvalue weighted by atomic mass is 10.2. The van der Waals surface area contributed by atoms with Crippen LogP contribution in [0.3, 0.4) is 0 Å². The molecule has 1 atom stereocenters. The standard InChI is InChI=1S/C22H19Cl2FN2O4S/c1-2-21(31-17-8-4-15(25)5-9-17)22(28)26-16-6-10-18(11-7-16)32(29,30)27-20-12-3-14(23)13-19(20)24/h3-13,21,27H,2H2,1H3,(H,26,28). The molecule has 0 spiro atoms. The topological polar surface area (TPSA) is 84.5 Å². The summed E-state index contributed by atoms with van der Waals surface area (Å²) >= 11 is 11.9. The predicted octanol–water partition coefficient (Wildman–Crippen LogP) is 5.73. The molecule has 2 N–H and O–H groups in total. The second kappa shape index (κ2) is 10.2. The summed E-state index contributed by atoms with van der Waals surface area (Å²) in [6.07, 6.45) is -0.431. The second-order valence-electron chi connectivity index (χ2n) is 6.71. The van der Waals surface area contributed by atoms with Crippen molar-refractivity contribution >= 4 is 50.5 Å². The third-order valence-corrected chi connectivity index (χ3v) is 6.29. The number of amides is 1. The molecule has 3 aromatic carbocycles. The van der Waals surface area contributed by atoms with Crippen LogP contribution in [-0.2, 0) is 14.8 Å². The fourth-order valence-electron chi connectivity index (χ4n) is 2.72. The molecule has 3 rings (SSSR count). The minimum Gasteiger partial charge on any atom is -0.481 e. The number of carbonyl (C=O) groups excluding carboxylic acids is 1. The fourth-order valence-corrected chi connectivity index (χ4v) is 4.31. The van der Waals surface area contributed by atoms with Gasteiger partial charge in [-0.1, -0.05) is 30.1 Å². The van der Waals surface area contributed by atoms with E-state index in [0.717, 1.165) is 0 Å². The maximum Gasteiger partial charge on any atom is 0.265 e. The number of hydrogen-bond donors (Lipinski definition) is 2. The van der Waals surface area contributed by atoms with Gasteiger partial charge in [0, 0.05) is 10.7 Å². The molecule has 0 saturated carbocycles. The van der Waals surface area contributed by atoms with E-state index in [1.54, 1.807) is 6.92 Å². The highest BCUT2D eigenvalue weighted by molar-refractivity contribution is 7.92. The van der Waals surface area contributed by atoms with E-state index in [9.17, 15) is 17.6 Å². The zero-order valence-corrected chi connectivity index (χ0v) is 19.1. The van der Waals surface area contributed by atoms with Crippen LogP contribution in [0.15, 0.2) is 71.6 Å². The first-order valence-corrected chi connectivity index (χ1v) is 11.7. The molecule has 0 fully saturated rings. The Kier molecular flexibility index (Phi) is 7.60. The van der Waals surface area contributed by atoms with Gasteiger partial charge in [0.05, 0.1) is 15.6 Å². The van der Waals surface area contributed by atoms with E-state index < -0.39 is 27.9 Å². The van der Waals surface area contributed by atoms with Gasteiger partial charge in [-0.15, -0.1) is 0 Å². The Morgan fingerprint density at radius 3 is 2.28 bits per heavy atom. The Morgan fingerprint density at radius 2 is 1.69 bits per heavy atom. The minimum absolute atomic E-state index is 0.0175. The van der Waals surface area contributed by atoms with Gasteiger partial charge in [0.2, 0.25) is 0 Å². The monoisotopic (exact) mass is 496 g/mol. The SMILES string of the molecule is CCC(Oc1ccc(F)cc1)C(=O)Nc1ccc(S(=O)(=O)Nc2ccc(Cl)cc2Cl)cc1. The molecular weight excluding hydrogens is 478 g/mol. The van der Waals surface area contributed by atoms with Crippen molar-refractivity contribution < 1.29 is 22.3 Å². The van der Waals surface area contributed by atoms with Gasteiger partial charge in [0.25, 0.3) is 15.9 Å². The van der Waals surface area contributed by atoms with Crippen molar-refractivity contribution in [2.75, 3.05) is 10.0 Å². The molecule has 0 bridgehead atoms. The Bertz CT molecular complexity index is 1200. The van der Waals surface area contributed by atoms with Gasteiger partial charge in [-0.3, -0.25) is 9.52 Å². The Labute approximate surface area is 195 Å². The molecule has 0 aliphatic carbocycles.